The molecule has 0 heterocycles. The largest absolute Gasteiger partial charge is 0.385 e. The number of methoxy groups -OCH3 is 1. The number of rotatable bonds is 5. The summed E-state index contributed by atoms with van der Waals surface area (Å²) in [6.45, 7) is 1.70. The van der Waals surface area contributed by atoms with Crippen LogP contribution < -0.4 is 5.32 Å². The Morgan fingerprint density at radius 1 is 1.47 bits per heavy atom. The lowest BCUT2D eigenvalue weighted by Crippen LogP contribution is -2.42. The lowest BCUT2D eigenvalue weighted by molar-refractivity contribution is 0.195. The molecule has 1 saturated carbocycles. The summed E-state index contributed by atoms with van der Waals surface area (Å²) in [4.78, 5) is 2.22. The van der Waals surface area contributed by atoms with Crippen molar-refractivity contribution in [2.75, 3.05) is 27.3 Å². The van der Waals surface area contributed by atoms with Crippen molar-refractivity contribution in [3.05, 3.63) is 0 Å². The lowest BCUT2D eigenvalue weighted by Gasteiger charge is -2.27. The van der Waals surface area contributed by atoms with Gasteiger partial charge in [-0.25, -0.2) is 0 Å². The van der Waals surface area contributed by atoms with Gasteiger partial charge in [-0.1, -0.05) is 12.8 Å². The van der Waals surface area contributed by atoms with Crippen LogP contribution in [-0.2, 0) is 4.74 Å². The molecule has 88 valence electrons. The van der Waals surface area contributed by atoms with Crippen molar-refractivity contribution in [1.82, 2.24) is 10.2 Å². The average Bonchev–Trinajstić information content (AvgIpc) is 2.76. The Labute approximate surface area is 98.2 Å². The van der Waals surface area contributed by atoms with Crippen molar-refractivity contribution >= 4 is 17.3 Å². The van der Waals surface area contributed by atoms with Crippen LogP contribution in [0.25, 0.3) is 0 Å². The first kappa shape index (κ1) is 12.7. The van der Waals surface area contributed by atoms with Crippen molar-refractivity contribution in [3.8, 4) is 0 Å². The standard InChI is InChI=1S/C11H22N2OS/c1-13(10-6-3-4-7-10)11(15)12-8-5-9-14-2/h10H,3-9H2,1-2H3,(H,12,15). The SMILES string of the molecule is COCCCNC(=S)N(C)C1CCCC1. The predicted molar refractivity (Wildman–Crippen MR) is 67.1 cm³/mol. The number of nitrogens with one attached hydrogen (secondary N) is 1. The molecule has 0 unspecified atom stereocenters. The van der Waals surface area contributed by atoms with E-state index in [0.29, 0.717) is 6.04 Å². The fraction of sp³-hybridized carbons (Fsp3) is 0.909. The fourth-order valence-electron chi connectivity index (χ4n) is 1.99. The quantitative estimate of drug-likeness (QED) is 0.575. The number of hydrogen-bond donors (Lipinski definition) is 1. The van der Waals surface area contributed by atoms with Crippen LogP contribution in [0.2, 0.25) is 0 Å². The van der Waals surface area contributed by atoms with Crippen LogP contribution in [0.1, 0.15) is 32.1 Å². The molecule has 0 saturated heterocycles. The second kappa shape index (κ2) is 7.01. The highest BCUT2D eigenvalue weighted by Gasteiger charge is 2.20. The normalized spacial score (nSPS) is 16.7. The molecule has 1 N–H and O–H groups in total. The molecule has 15 heavy (non-hydrogen) atoms. The molecule has 0 atom stereocenters. The third-order valence-corrected chi connectivity index (χ3v) is 3.43. The van der Waals surface area contributed by atoms with Crippen LogP contribution in [0.5, 0.6) is 0 Å². The smallest absolute Gasteiger partial charge is 0.168 e. The summed E-state index contributed by atoms with van der Waals surface area (Å²) < 4.78 is 4.99. The summed E-state index contributed by atoms with van der Waals surface area (Å²) in [6.07, 6.45) is 6.28. The van der Waals surface area contributed by atoms with E-state index in [0.717, 1.165) is 24.7 Å². The minimum Gasteiger partial charge on any atom is -0.385 e. The van der Waals surface area contributed by atoms with E-state index >= 15 is 0 Å². The summed E-state index contributed by atoms with van der Waals surface area (Å²) in [6, 6.07) is 0.660. The number of thiocarbonyl (C=S) groups is 1. The van der Waals surface area contributed by atoms with Crippen LogP contribution in [0, 0.1) is 0 Å². The maximum absolute atomic E-state index is 5.34. The van der Waals surface area contributed by atoms with Gasteiger partial charge >= 0.3 is 0 Å². The topological polar surface area (TPSA) is 24.5 Å². The van der Waals surface area contributed by atoms with Gasteiger partial charge in [-0.15, -0.1) is 0 Å². The Morgan fingerprint density at radius 3 is 2.73 bits per heavy atom. The zero-order chi connectivity index (χ0) is 11.1. The molecule has 0 amide bonds. The molecule has 1 fully saturated rings. The van der Waals surface area contributed by atoms with E-state index in [2.05, 4.69) is 17.3 Å². The molecule has 1 rings (SSSR count). The summed E-state index contributed by atoms with van der Waals surface area (Å²) >= 11 is 5.34. The Morgan fingerprint density at radius 2 is 2.13 bits per heavy atom. The molecule has 4 heteroatoms. The van der Waals surface area contributed by atoms with Gasteiger partial charge < -0.3 is 15.0 Å². The minimum absolute atomic E-state index is 0.660. The molecule has 0 aromatic rings. The van der Waals surface area contributed by atoms with Crippen molar-refractivity contribution < 1.29 is 4.74 Å². The first-order valence-corrected chi connectivity index (χ1v) is 6.16. The van der Waals surface area contributed by atoms with Gasteiger partial charge in [-0.05, 0) is 31.5 Å². The Hall–Kier alpha value is -0.350. The van der Waals surface area contributed by atoms with Crippen molar-refractivity contribution in [1.29, 1.82) is 0 Å². The third kappa shape index (κ3) is 4.34. The predicted octanol–water partition coefficient (Wildman–Crippen LogP) is 1.77. The summed E-state index contributed by atoms with van der Waals surface area (Å²) in [5.74, 6) is 0. The van der Waals surface area contributed by atoms with Crippen LogP contribution in [0.15, 0.2) is 0 Å². The highest BCUT2D eigenvalue weighted by atomic mass is 32.1. The number of nitrogens with zero attached hydrogens (tertiary/aromatic N) is 1. The van der Waals surface area contributed by atoms with E-state index in [1.54, 1.807) is 7.11 Å². The van der Waals surface area contributed by atoms with E-state index in [1.807, 2.05) is 0 Å². The molecule has 0 radical (unpaired) electrons. The first-order valence-electron chi connectivity index (χ1n) is 5.75. The van der Waals surface area contributed by atoms with Gasteiger partial charge in [0.2, 0.25) is 0 Å². The maximum Gasteiger partial charge on any atom is 0.168 e. The highest BCUT2D eigenvalue weighted by molar-refractivity contribution is 7.80. The summed E-state index contributed by atoms with van der Waals surface area (Å²) in [5.41, 5.74) is 0. The molecular weight excluding hydrogens is 208 g/mol. The fourth-order valence-corrected chi connectivity index (χ4v) is 2.25. The van der Waals surface area contributed by atoms with Gasteiger partial charge in [0.1, 0.15) is 0 Å². The molecule has 1 aliphatic rings. The molecule has 0 aromatic carbocycles. The van der Waals surface area contributed by atoms with Crippen LogP contribution in [0.3, 0.4) is 0 Å². The van der Waals surface area contributed by atoms with Crippen molar-refractivity contribution in [2.24, 2.45) is 0 Å². The van der Waals surface area contributed by atoms with Crippen LogP contribution >= 0.6 is 12.2 Å². The second-order valence-electron chi connectivity index (χ2n) is 4.13. The molecular formula is C11H22N2OS. The molecule has 0 bridgehead atoms. The van der Waals surface area contributed by atoms with Gasteiger partial charge in [0.05, 0.1) is 0 Å². The van der Waals surface area contributed by atoms with Gasteiger partial charge in [0, 0.05) is 33.4 Å². The van der Waals surface area contributed by atoms with Crippen LogP contribution in [-0.4, -0.2) is 43.4 Å². The maximum atomic E-state index is 5.34. The van der Waals surface area contributed by atoms with Crippen LogP contribution in [0.4, 0.5) is 0 Å². The van der Waals surface area contributed by atoms with Crippen molar-refractivity contribution in [2.45, 2.75) is 38.1 Å². The Bertz CT molecular complexity index is 193. The lowest BCUT2D eigenvalue weighted by atomic mass is 10.2. The summed E-state index contributed by atoms with van der Waals surface area (Å²) in [7, 11) is 3.82. The second-order valence-corrected chi connectivity index (χ2v) is 4.51. The number of hydrogen-bond acceptors (Lipinski definition) is 2. The summed E-state index contributed by atoms with van der Waals surface area (Å²) in [5, 5.41) is 4.16. The highest BCUT2D eigenvalue weighted by Crippen LogP contribution is 2.22. The molecule has 0 aromatic heterocycles. The zero-order valence-corrected chi connectivity index (χ0v) is 10.6. The van der Waals surface area contributed by atoms with Gasteiger partial charge in [-0.2, -0.15) is 0 Å². The van der Waals surface area contributed by atoms with Gasteiger partial charge in [0.15, 0.2) is 5.11 Å². The zero-order valence-electron chi connectivity index (χ0n) is 9.79. The van der Waals surface area contributed by atoms with E-state index in [4.69, 9.17) is 17.0 Å². The first-order chi connectivity index (χ1) is 7.25. The minimum atomic E-state index is 0.660. The van der Waals surface area contributed by atoms with Gasteiger partial charge in [-0.3, -0.25) is 0 Å². The van der Waals surface area contributed by atoms with Crippen molar-refractivity contribution in [3.63, 3.8) is 0 Å². The van der Waals surface area contributed by atoms with E-state index < -0.39 is 0 Å². The monoisotopic (exact) mass is 230 g/mol. The molecule has 1 aliphatic carbocycles. The third-order valence-electron chi connectivity index (χ3n) is 2.99. The molecule has 0 aliphatic heterocycles. The van der Waals surface area contributed by atoms with E-state index in [-0.39, 0.29) is 0 Å². The number of ether oxygens (including phenoxy) is 1. The van der Waals surface area contributed by atoms with Gasteiger partial charge in [0.25, 0.3) is 0 Å². The average molecular weight is 230 g/mol. The molecule has 0 spiro atoms. The van der Waals surface area contributed by atoms with E-state index in [9.17, 15) is 0 Å². The van der Waals surface area contributed by atoms with E-state index in [1.165, 1.54) is 25.7 Å². The molecule has 3 nitrogen and oxygen atoms in total. The Kier molecular flexibility index (Phi) is 5.95. The Balaban J connectivity index is 2.14.